The van der Waals surface area contributed by atoms with Gasteiger partial charge in [-0.1, -0.05) is 11.2 Å². The number of nitrogens with zero attached hydrogens (tertiary/aromatic N) is 3. The van der Waals surface area contributed by atoms with Crippen molar-refractivity contribution in [1.29, 1.82) is 0 Å². The number of hydrogen-bond acceptors (Lipinski definition) is 7. The number of carbonyl (C=O) groups is 2. The van der Waals surface area contributed by atoms with Gasteiger partial charge in [-0.15, -0.1) is 11.3 Å². The van der Waals surface area contributed by atoms with Crippen LogP contribution in [0.1, 0.15) is 17.7 Å². The molecule has 4 rings (SSSR count). The summed E-state index contributed by atoms with van der Waals surface area (Å²) < 4.78 is 10.3. The van der Waals surface area contributed by atoms with Gasteiger partial charge in [0.25, 0.3) is 5.91 Å². The van der Waals surface area contributed by atoms with Crippen LogP contribution in [0.3, 0.4) is 0 Å². The van der Waals surface area contributed by atoms with Crippen molar-refractivity contribution >= 4 is 23.3 Å². The van der Waals surface area contributed by atoms with Crippen molar-refractivity contribution in [2.45, 2.75) is 19.0 Å². The molecular formula is C15H12N4O4S. The van der Waals surface area contributed by atoms with E-state index in [-0.39, 0.29) is 24.2 Å². The number of carbonyl (C=O) groups excluding carboxylic acids is 2. The second-order valence-electron chi connectivity index (χ2n) is 5.41. The first-order valence-electron chi connectivity index (χ1n) is 7.12. The molecule has 1 fully saturated rings. The van der Waals surface area contributed by atoms with Crippen LogP contribution in [0.15, 0.2) is 44.8 Å². The van der Waals surface area contributed by atoms with Crippen molar-refractivity contribution in [2.75, 3.05) is 0 Å². The molecule has 0 aromatic carbocycles. The number of urea groups is 1. The minimum atomic E-state index is -1.07. The molecule has 1 aliphatic heterocycles. The Balaban J connectivity index is 1.57. The zero-order chi connectivity index (χ0) is 16.7. The van der Waals surface area contributed by atoms with Crippen molar-refractivity contribution in [1.82, 2.24) is 20.4 Å². The molecule has 9 heteroatoms. The lowest BCUT2D eigenvalue weighted by Gasteiger charge is -2.19. The van der Waals surface area contributed by atoms with Gasteiger partial charge in [0.15, 0.2) is 11.3 Å². The Hall–Kier alpha value is -2.94. The van der Waals surface area contributed by atoms with E-state index < -0.39 is 11.6 Å². The molecule has 0 spiro atoms. The zero-order valence-electron chi connectivity index (χ0n) is 12.6. The topological polar surface area (TPSA) is 101 Å². The van der Waals surface area contributed by atoms with Crippen molar-refractivity contribution in [3.63, 3.8) is 0 Å². The van der Waals surface area contributed by atoms with Gasteiger partial charge in [-0.05, 0) is 30.5 Å². The van der Waals surface area contributed by atoms with Crippen molar-refractivity contribution in [2.24, 2.45) is 0 Å². The Bertz CT molecular complexity index is 887. The molecule has 8 nitrogen and oxygen atoms in total. The number of aromatic nitrogens is 2. The second-order valence-corrected chi connectivity index (χ2v) is 6.36. The lowest BCUT2D eigenvalue weighted by Crippen LogP contribution is -2.40. The van der Waals surface area contributed by atoms with Gasteiger partial charge in [-0.25, -0.2) is 4.79 Å². The van der Waals surface area contributed by atoms with Crippen molar-refractivity contribution < 1.29 is 18.5 Å². The van der Waals surface area contributed by atoms with Gasteiger partial charge in [0, 0.05) is 4.88 Å². The van der Waals surface area contributed by atoms with Crippen LogP contribution in [-0.4, -0.2) is 27.0 Å². The predicted octanol–water partition coefficient (Wildman–Crippen LogP) is 2.36. The van der Waals surface area contributed by atoms with E-state index in [4.69, 9.17) is 8.94 Å². The molecule has 1 aliphatic rings. The van der Waals surface area contributed by atoms with E-state index in [0.29, 0.717) is 5.76 Å². The van der Waals surface area contributed by atoms with Crippen LogP contribution >= 0.6 is 11.3 Å². The molecule has 122 valence electrons. The summed E-state index contributed by atoms with van der Waals surface area (Å²) in [5.41, 5.74) is -1.07. The zero-order valence-corrected chi connectivity index (χ0v) is 13.4. The molecule has 0 saturated carbocycles. The van der Waals surface area contributed by atoms with Gasteiger partial charge in [0.2, 0.25) is 11.7 Å². The number of thiophene rings is 1. The SMILES string of the molecule is CC1(c2cccs2)NC(=O)N(Cc2nc(-c3ccco3)no2)C1=O. The summed E-state index contributed by atoms with van der Waals surface area (Å²) in [6.45, 7) is 1.58. The highest BCUT2D eigenvalue weighted by atomic mass is 32.1. The van der Waals surface area contributed by atoms with Crippen molar-refractivity contribution in [3.8, 4) is 11.6 Å². The quantitative estimate of drug-likeness (QED) is 0.729. The molecule has 24 heavy (non-hydrogen) atoms. The molecule has 3 aromatic rings. The molecule has 1 saturated heterocycles. The van der Waals surface area contributed by atoms with E-state index in [0.717, 1.165) is 9.78 Å². The molecule has 0 bridgehead atoms. The minimum Gasteiger partial charge on any atom is -0.461 e. The first-order valence-corrected chi connectivity index (χ1v) is 8.00. The van der Waals surface area contributed by atoms with E-state index >= 15 is 0 Å². The number of furan rings is 1. The van der Waals surface area contributed by atoms with Crippen LogP contribution in [0, 0.1) is 0 Å². The fraction of sp³-hybridized carbons (Fsp3) is 0.200. The Labute approximate surface area is 140 Å². The second kappa shape index (κ2) is 5.31. The monoisotopic (exact) mass is 344 g/mol. The highest BCUT2D eigenvalue weighted by Gasteiger charge is 2.50. The van der Waals surface area contributed by atoms with Crippen LogP contribution in [0.25, 0.3) is 11.6 Å². The highest BCUT2D eigenvalue weighted by Crippen LogP contribution is 2.32. The number of nitrogens with one attached hydrogen (secondary N) is 1. The van der Waals surface area contributed by atoms with Gasteiger partial charge in [-0.3, -0.25) is 9.69 Å². The summed E-state index contributed by atoms with van der Waals surface area (Å²) in [7, 11) is 0. The first-order chi connectivity index (χ1) is 11.6. The molecule has 0 radical (unpaired) electrons. The average Bonchev–Trinajstić information content (AvgIpc) is 3.34. The molecule has 4 heterocycles. The van der Waals surface area contributed by atoms with Gasteiger partial charge in [0.05, 0.1) is 6.26 Å². The maximum absolute atomic E-state index is 12.7. The lowest BCUT2D eigenvalue weighted by atomic mass is 10.0. The van der Waals surface area contributed by atoms with Crippen LogP contribution in [0.4, 0.5) is 4.79 Å². The molecule has 1 N–H and O–H groups in total. The van der Waals surface area contributed by atoms with E-state index in [1.54, 1.807) is 19.1 Å². The Kier molecular flexibility index (Phi) is 3.24. The summed E-state index contributed by atoms with van der Waals surface area (Å²) in [5.74, 6) is 0.515. The maximum Gasteiger partial charge on any atom is 0.325 e. The molecule has 1 atom stereocenters. The Morgan fingerprint density at radius 3 is 2.92 bits per heavy atom. The number of hydrogen-bond donors (Lipinski definition) is 1. The molecule has 3 aromatic heterocycles. The van der Waals surface area contributed by atoms with Gasteiger partial charge < -0.3 is 14.3 Å². The smallest absolute Gasteiger partial charge is 0.325 e. The first kappa shape index (κ1) is 14.6. The molecular weight excluding hydrogens is 332 g/mol. The third-order valence-electron chi connectivity index (χ3n) is 3.79. The predicted molar refractivity (Wildman–Crippen MR) is 82.8 cm³/mol. The van der Waals surface area contributed by atoms with E-state index in [9.17, 15) is 9.59 Å². The van der Waals surface area contributed by atoms with Gasteiger partial charge >= 0.3 is 6.03 Å². The van der Waals surface area contributed by atoms with Crippen LogP contribution in [0.5, 0.6) is 0 Å². The standard InChI is InChI=1S/C15H12N4O4S/c1-15(10-5-3-7-24-10)13(20)19(14(21)17-15)8-11-16-12(18-23-11)9-4-2-6-22-9/h2-7H,8H2,1H3,(H,17,21). The summed E-state index contributed by atoms with van der Waals surface area (Å²) in [5, 5.41) is 8.37. The number of amides is 3. The highest BCUT2D eigenvalue weighted by molar-refractivity contribution is 7.10. The fourth-order valence-corrected chi connectivity index (χ4v) is 3.37. The molecule has 1 unspecified atom stereocenters. The normalized spacial score (nSPS) is 20.6. The summed E-state index contributed by atoms with van der Waals surface area (Å²) in [6.07, 6.45) is 1.50. The van der Waals surface area contributed by atoms with E-state index in [1.807, 2.05) is 17.5 Å². The van der Waals surface area contributed by atoms with Crippen LogP contribution < -0.4 is 5.32 Å². The molecule has 3 amide bonds. The number of rotatable bonds is 4. The average molecular weight is 344 g/mol. The Morgan fingerprint density at radius 2 is 2.21 bits per heavy atom. The fourth-order valence-electron chi connectivity index (χ4n) is 2.53. The third kappa shape index (κ3) is 2.21. The Morgan fingerprint density at radius 1 is 1.33 bits per heavy atom. The largest absolute Gasteiger partial charge is 0.461 e. The molecule has 0 aliphatic carbocycles. The number of imide groups is 1. The van der Waals surface area contributed by atoms with E-state index in [2.05, 4.69) is 15.5 Å². The summed E-state index contributed by atoms with van der Waals surface area (Å²) >= 11 is 1.41. The van der Waals surface area contributed by atoms with Gasteiger partial charge in [0.1, 0.15) is 6.54 Å². The van der Waals surface area contributed by atoms with E-state index in [1.165, 1.54) is 17.6 Å². The van der Waals surface area contributed by atoms with Gasteiger partial charge in [-0.2, -0.15) is 4.98 Å². The summed E-state index contributed by atoms with van der Waals surface area (Å²) in [6, 6.07) is 6.55. The van der Waals surface area contributed by atoms with Crippen LogP contribution in [-0.2, 0) is 16.9 Å². The lowest BCUT2D eigenvalue weighted by molar-refractivity contribution is -0.131. The van der Waals surface area contributed by atoms with Crippen LogP contribution in [0.2, 0.25) is 0 Å². The minimum absolute atomic E-state index is 0.0979. The van der Waals surface area contributed by atoms with Crippen molar-refractivity contribution in [3.05, 3.63) is 46.7 Å². The third-order valence-corrected chi connectivity index (χ3v) is 4.88. The maximum atomic E-state index is 12.7. The summed E-state index contributed by atoms with van der Waals surface area (Å²) in [4.78, 5) is 30.9.